The fraction of sp³-hybridized carbons (Fsp3) is 0.941. The molecule has 0 aromatic carbocycles. The lowest BCUT2D eigenvalue weighted by Crippen LogP contribution is -2.30. The number of hydrogen-bond acceptors (Lipinski definition) is 15. The van der Waals surface area contributed by atoms with Crippen LogP contribution < -0.4 is 0 Å². The molecule has 0 rings (SSSR count). The van der Waals surface area contributed by atoms with Gasteiger partial charge in [0.1, 0.15) is 19.3 Å². The number of aliphatic hydroxyl groups excluding tert-OH is 1. The molecule has 0 amide bonds. The van der Waals surface area contributed by atoms with Crippen molar-refractivity contribution < 1.29 is 80.2 Å². The summed E-state index contributed by atoms with van der Waals surface area (Å²) in [6.07, 6.45) is 47.0. The van der Waals surface area contributed by atoms with Gasteiger partial charge in [-0.25, -0.2) is 9.13 Å². The van der Waals surface area contributed by atoms with Crippen molar-refractivity contribution in [2.75, 3.05) is 39.6 Å². The number of carbonyl (C=O) groups excluding carboxylic acids is 4. The molecule has 87 heavy (non-hydrogen) atoms. The molecule has 5 atom stereocenters. The fourth-order valence-electron chi connectivity index (χ4n) is 10.3. The zero-order chi connectivity index (χ0) is 64.2. The zero-order valence-corrected chi connectivity index (χ0v) is 57.9. The lowest BCUT2D eigenvalue weighted by Gasteiger charge is -2.21. The third-order valence-corrected chi connectivity index (χ3v) is 17.7. The van der Waals surface area contributed by atoms with Crippen LogP contribution in [0.3, 0.4) is 0 Å². The molecule has 19 heteroatoms. The summed E-state index contributed by atoms with van der Waals surface area (Å²) >= 11 is 0. The Labute approximate surface area is 530 Å². The second-order valence-electron chi connectivity index (χ2n) is 25.0. The molecule has 3 N–H and O–H groups in total. The molecule has 17 nitrogen and oxygen atoms in total. The van der Waals surface area contributed by atoms with E-state index in [-0.39, 0.29) is 25.7 Å². The monoisotopic (exact) mass is 1280 g/mol. The average Bonchev–Trinajstić information content (AvgIpc) is 3.69. The van der Waals surface area contributed by atoms with E-state index in [0.29, 0.717) is 25.7 Å². The summed E-state index contributed by atoms with van der Waals surface area (Å²) in [5.74, 6) is -1.35. The molecule has 516 valence electrons. The molecule has 0 bridgehead atoms. The van der Waals surface area contributed by atoms with E-state index in [2.05, 4.69) is 34.6 Å². The highest BCUT2D eigenvalue weighted by Gasteiger charge is 2.30. The minimum atomic E-state index is -4.95. The van der Waals surface area contributed by atoms with E-state index in [9.17, 15) is 43.2 Å². The van der Waals surface area contributed by atoms with Gasteiger partial charge in [-0.05, 0) is 31.6 Å². The van der Waals surface area contributed by atoms with Crippen LogP contribution in [-0.4, -0.2) is 96.7 Å². The van der Waals surface area contributed by atoms with Crippen molar-refractivity contribution in [3.63, 3.8) is 0 Å². The van der Waals surface area contributed by atoms with Gasteiger partial charge in [-0.15, -0.1) is 0 Å². The van der Waals surface area contributed by atoms with Gasteiger partial charge in [0, 0.05) is 25.7 Å². The lowest BCUT2D eigenvalue weighted by molar-refractivity contribution is -0.161. The summed E-state index contributed by atoms with van der Waals surface area (Å²) in [5, 5.41) is 10.6. The third-order valence-electron chi connectivity index (χ3n) is 15.8. The lowest BCUT2D eigenvalue weighted by atomic mass is 10.0. The van der Waals surface area contributed by atoms with Crippen LogP contribution in [0.4, 0.5) is 0 Å². The first-order valence-electron chi connectivity index (χ1n) is 35.6. The number of carbonyl (C=O) groups is 4. The smallest absolute Gasteiger partial charge is 0.462 e. The number of esters is 4. The maximum Gasteiger partial charge on any atom is 0.472 e. The standard InChI is InChI=1S/C68H132O17P2/c1-6-9-12-15-18-21-23-28-32-37-42-47-52-66(71)79-58-64(85-68(73)54-49-44-39-34-29-25-24-27-31-35-40-45-50-61(4)5)60-83-87(76,77)81-56-62(69)55-80-86(74,75)82-59-63(57-78-65(70)51-46-41-36-30-20-17-14-11-8-3)84-67(72)53-48-43-38-33-26-22-19-16-13-10-7-2/h61-64,69H,6-60H2,1-5H3,(H,74,75)(H,76,77)/t62-,63+,64+/m0/s1. The van der Waals surface area contributed by atoms with Crippen molar-refractivity contribution in [3.05, 3.63) is 0 Å². The Morgan fingerprint density at radius 3 is 0.782 bits per heavy atom. The summed E-state index contributed by atoms with van der Waals surface area (Å²) < 4.78 is 68.2. The van der Waals surface area contributed by atoms with Gasteiger partial charge in [0.15, 0.2) is 12.2 Å². The van der Waals surface area contributed by atoms with E-state index in [0.717, 1.165) is 95.8 Å². The Kier molecular flexibility index (Phi) is 60.2. The minimum Gasteiger partial charge on any atom is -0.462 e. The summed E-state index contributed by atoms with van der Waals surface area (Å²) in [5.41, 5.74) is 0. The van der Waals surface area contributed by atoms with Gasteiger partial charge in [-0.3, -0.25) is 37.3 Å². The van der Waals surface area contributed by atoms with Crippen LogP contribution in [-0.2, 0) is 65.4 Å². The van der Waals surface area contributed by atoms with Crippen LogP contribution in [0.2, 0.25) is 0 Å². The van der Waals surface area contributed by atoms with Crippen molar-refractivity contribution in [2.45, 2.75) is 368 Å². The van der Waals surface area contributed by atoms with Gasteiger partial charge in [-0.1, -0.05) is 298 Å². The van der Waals surface area contributed by atoms with E-state index in [1.165, 1.54) is 173 Å². The number of unbranched alkanes of at least 4 members (excludes halogenated alkanes) is 40. The molecule has 0 aromatic heterocycles. The predicted octanol–water partition coefficient (Wildman–Crippen LogP) is 19.4. The predicted molar refractivity (Wildman–Crippen MR) is 349 cm³/mol. The second-order valence-corrected chi connectivity index (χ2v) is 27.9. The van der Waals surface area contributed by atoms with Gasteiger partial charge in [0.25, 0.3) is 0 Å². The molecule has 0 saturated heterocycles. The van der Waals surface area contributed by atoms with E-state index >= 15 is 0 Å². The topological polar surface area (TPSA) is 237 Å². The Balaban J connectivity index is 5.23. The van der Waals surface area contributed by atoms with Crippen LogP contribution in [0.15, 0.2) is 0 Å². The maximum atomic E-state index is 13.0. The molecule has 0 fully saturated rings. The van der Waals surface area contributed by atoms with E-state index in [1.807, 2.05) is 0 Å². The number of phosphoric ester groups is 2. The van der Waals surface area contributed by atoms with Gasteiger partial charge < -0.3 is 33.8 Å². The number of hydrogen-bond donors (Lipinski definition) is 3. The highest BCUT2D eigenvalue weighted by Crippen LogP contribution is 2.45. The summed E-state index contributed by atoms with van der Waals surface area (Å²) in [6, 6.07) is 0. The summed E-state index contributed by atoms with van der Waals surface area (Å²) in [7, 11) is -9.89. The first kappa shape index (κ1) is 85.1. The van der Waals surface area contributed by atoms with Crippen molar-refractivity contribution >= 4 is 39.5 Å². The zero-order valence-electron chi connectivity index (χ0n) is 56.2. The SMILES string of the molecule is CCCCCCCCCCCCCCC(=O)OC[C@H](COP(=O)(O)OC[C@@H](O)COP(=O)(O)OC[C@@H](COC(=O)CCCCCCCCCCC)OC(=O)CCCCCCCCCCCCC)OC(=O)CCCCCCCCCCCCCCC(C)C. The molecule has 0 radical (unpaired) electrons. The van der Waals surface area contributed by atoms with Crippen LogP contribution >= 0.6 is 15.6 Å². The van der Waals surface area contributed by atoms with Crippen molar-refractivity contribution in [3.8, 4) is 0 Å². The Bertz CT molecular complexity index is 1690. The number of phosphoric acid groups is 2. The molecule has 0 spiro atoms. The Morgan fingerprint density at radius 2 is 0.529 bits per heavy atom. The normalized spacial score (nSPS) is 14.1. The highest BCUT2D eigenvalue weighted by atomic mass is 31.2. The van der Waals surface area contributed by atoms with Crippen LogP contribution in [0.1, 0.15) is 349 Å². The minimum absolute atomic E-state index is 0.107. The van der Waals surface area contributed by atoms with Gasteiger partial charge in [0.2, 0.25) is 0 Å². The first-order valence-corrected chi connectivity index (χ1v) is 38.6. The largest absolute Gasteiger partial charge is 0.472 e. The number of ether oxygens (including phenoxy) is 4. The van der Waals surface area contributed by atoms with Gasteiger partial charge >= 0.3 is 39.5 Å². The highest BCUT2D eigenvalue weighted by molar-refractivity contribution is 7.47. The molecule has 0 aliphatic carbocycles. The van der Waals surface area contributed by atoms with Crippen molar-refractivity contribution in [2.24, 2.45) is 5.92 Å². The Hall–Kier alpha value is -1.94. The van der Waals surface area contributed by atoms with Crippen molar-refractivity contribution in [1.29, 1.82) is 0 Å². The first-order chi connectivity index (χ1) is 42.0. The van der Waals surface area contributed by atoms with Crippen LogP contribution in [0.25, 0.3) is 0 Å². The Morgan fingerprint density at radius 1 is 0.310 bits per heavy atom. The maximum absolute atomic E-state index is 13.0. The quantitative estimate of drug-likeness (QED) is 0.0222. The fourth-order valence-corrected chi connectivity index (χ4v) is 11.9. The molecule has 0 aliphatic heterocycles. The molecule has 0 aliphatic rings. The summed E-state index contributed by atoms with van der Waals surface area (Å²) in [6.45, 7) is 7.22. The molecule has 0 heterocycles. The van der Waals surface area contributed by atoms with E-state index < -0.39 is 97.5 Å². The second kappa shape index (κ2) is 61.6. The molecular weight excluding hydrogens is 1150 g/mol. The van der Waals surface area contributed by atoms with Gasteiger partial charge in [-0.2, -0.15) is 0 Å². The van der Waals surface area contributed by atoms with Gasteiger partial charge in [0.05, 0.1) is 26.4 Å². The third kappa shape index (κ3) is 62.6. The number of rotatable bonds is 68. The molecular formula is C68H132O17P2. The molecule has 2 unspecified atom stereocenters. The van der Waals surface area contributed by atoms with Crippen LogP contribution in [0.5, 0.6) is 0 Å². The molecule has 0 saturated carbocycles. The van der Waals surface area contributed by atoms with Crippen LogP contribution in [0, 0.1) is 5.92 Å². The average molecular weight is 1280 g/mol. The van der Waals surface area contributed by atoms with Crippen molar-refractivity contribution in [1.82, 2.24) is 0 Å². The van der Waals surface area contributed by atoms with E-state index in [4.69, 9.17) is 37.0 Å². The number of aliphatic hydroxyl groups is 1. The molecule has 0 aromatic rings. The summed E-state index contributed by atoms with van der Waals surface area (Å²) in [4.78, 5) is 72.4. The van der Waals surface area contributed by atoms with E-state index in [1.54, 1.807) is 0 Å².